The van der Waals surface area contributed by atoms with Crippen LogP contribution in [0, 0.1) is 12.7 Å². The van der Waals surface area contributed by atoms with Crippen molar-refractivity contribution >= 4 is 11.4 Å². The predicted molar refractivity (Wildman–Crippen MR) is 113 cm³/mol. The minimum absolute atomic E-state index is 0.0197. The Kier molecular flexibility index (Phi) is 5.54. The highest BCUT2D eigenvalue weighted by atomic mass is 19.1. The minimum Gasteiger partial charge on any atom is -0.396 e. The summed E-state index contributed by atoms with van der Waals surface area (Å²) in [6.45, 7) is 2.14. The van der Waals surface area contributed by atoms with E-state index in [2.05, 4.69) is 15.4 Å². The Bertz CT molecular complexity index is 1220. The molecule has 4 aromatic rings. The lowest BCUT2D eigenvalue weighted by molar-refractivity contribution is 0.0953. The van der Waals surface area contributed by atoms with Crippen LogP contribution in [0.25, 0.3) is 27.9 Å². The molecule has 7 heteroatoms. The van der Waals surface area contributed by atoms with Gasteiger partial charge < -0.3 is 10.4 Å². The number of nitrogens with one attached hydrogen (secondary N) is 1. The van der Waals surface area contributed by atoms with Crippen molar-refractivity contribution in [1.29, 1.82) is 0 Å². The SMILES string of the molecule is Cc1cc(-c2ncccc2-c2ccn3ncc(C(=O)NCCCO)c3c2)ccc1F. The number of rotatable bonds is 6. The second-order valence-corrected chi connectivity index (χ2v) is 7.00. The molecular weight excluding hydrogens is 383 g/mol. The first-order valence-corrected chi connectivity index (χ1v) is 9.67. The number of carbonyl (C=O) groups is 1. The van der Waals surface area contributed by atoms with Crippen molar-refractivity contribution < 1.29 is 14.3 Å². The van der Waals surface area contributed by atoms with Crippen molar-refractivity contribution in [2.45, 2.75) is 13.3 Å². The Balaban J connectivity index is 1.76. The molecular formula is C23H21FN4O2. The fraction of sp³-hybridized carbons (Fsp3) is 0.174. The van der Waals surface area contributed by atoms with Gasteiger partial charge in [0.2, 0.25) is 0 Å². The molecule has 0 fully saturated rings. The number of pyridine rings is 2. The first kappa shape index (κ1) is 19.7. The monoisotopic (exact) mass is 404 g/mol. The molecule has 152 valence electrons. The highest BCUT2D eigenvalue weighted by Gasteiger charge is 2.15. The van der Waals surface area contributed by atoms with Crippen LogP contribution in [-0.4, -0.2) is 38.8 Å². The van der Waals surface area contributed by atoms with Gasteiger partial charge in [0.15, 0.2) is 0 Å². The molecule has 0 unspecified atom stereocenters. The fourth-order valence-electron chi connectivity index (χ4n) is 3.36. The molecule has 30 heavy (non-hydrogen) atoms. The molecule has 0 aliphatic rings. The van der Waals surface area contributed by atoms with Crippen LogP contribution >= 0.6 is 0 Å². The summed E-state index contributed by atoms with van der Waals surface area (Å²) in [6, 6.07) is 12.5. The summed E-state index contributed by atoms with van der Waals surface area (Å²) < 4.78 is 15.4. The number of nitrogens with zero attached hydrogens (tertiary/aromatic N) is 3. The van der Waals surface area contributed by atoms with E-state index in [1.807, 2.05) is 24.3 Å². The van der Waals surface area contributed by atoms with Crippen molar-refractivity contribution in [2.75, 3.05) is 13.2 Å². The number of hydrogen-bond acceptors (Lipinski definition) is 4. The second kappa shape index (κ2) is 8.42. The van der Waals surface area contributed by atoms with Gasteiger partial charge >= 0.3 is 0 Å². The van der Waals surface area contributed by atoms with E-state index in [9.17, 15) is 9.18 Å². The number of amides is 1. The standard InChI is InChI=1S/C23H21FN4O2/c1-15-12-17(5-6-20(15)24)22-18(4-2-8-25-22)16-7-10-28-21(13-16)19(14-27-28)23(30)26-9-3-11-29/h2,4-8,10,12-14,29H,3,9,11H2,1H3,(H,26,30). The van der Waals surface area contributed by atoms with E-state index in [0.29, 0.717) is 29.6 Å². The van der Waals surface area contributed by atoms with Gasteiger partial charge in [0, 0.05) is 36.7 Å². The highest BCUT2D eigenvalue weighted by Crippen LogP contribution is 2.32. The number of carbonyl (C=O) groups excluding carboxylic acids is 1. The number of aryl methyl sites for hydroxylation is 1. The van der Waals surface area contributed by atoms with Gasteiger partial charge in [0.05, 0.1) is 23.0 Å². The van der Waals surface area contributed by atoms with Crippen molar-refractivity contribution in [2.24, 2.45) is 0 Å². The third-order valence-corrected chi connectivity index (χ3v) is 4.94. The Labute approximate surface area is 173 Å². The number of hydrogen-bond donors (Lipinski definition) is 2. The van der Waals surface area contributed by atoms with Gasteiger partial charge in [-0.25, -0.2) is 8.91 Å². The zero-order valence-corrected chi connectivity index (χ0v) is 16.5. The maximum atomic E-state index is 13.7. The molecule has 0 saturated heterocycles. The van der Waals surface area contributed by atoms with Crippen LogP contribution in [0.2, 0.25) is 0 Å². The number of benzene rings is 1. The molecule has 3 heterocycles. The van der Waals surface area contributed by atoms with Crippen LogP contribution in [0.3, 0.4) is 0 Å². The molecule has 1 amide bonds. The first-order valence-electron chi connectivity index (χ1n) is 9.67. The van der Waals surface area contributed by atoms with E-state index in [1.54, 1.807) is 36.0 Å². The summed E-state index contributed by atoms with van der Waals surface area (Å²) in [4.78, 5) is 17.0. The van der Waals surface area contributed by atoms with Gasteiger partial charge in [-0.05, 0) is 60.9 Å². The normalized spacial score (nSPS) is 11.0. The highest BCUT2D eigenvalue weighted by molar-refractivity contribution is 6.01. The average Bonchev–Trinajstić information content (AvgIpc) is 3.19. The van der Waals surface area contributed by atoms with Gasteiger partial charge in [-0.2, -0.15) is 5.10 Å². The van der Waals surface area contributed by atoms with Crippen LogP contribution in [0.5, 0.6) is 0 Å². The molecule has 6 nitrogen and oxygen atoms in total. The summed E-state index contributed by atoms with van der Waals surface area (Å²) in [5, 5.41) is 15.9. The zero-order valence-electron chi connectivity index (χ0n) is 16.5. The van der Waals surface area contributed by atoms with E-state index in [1.165, 1.54) is 12.3 Å². The molecule has 0 aliphatic carbocycles. The summed E-state index contributed by atoms with van der Waals surface area (Å²) in [5.41, 5.74) is 4.98. The number of aliphatic hydroxyl groups is 1. The Morgan fingerprint density at radius 3 is 2.87 bits per heavy atom. The van der Waals surface area contributed by atoms with Crippen LogP contribution in [0.4, 0.5) is 4.39 Å². The molecule has 0 saturated carbocycles. The van der Waals surface area contributed by atoms with Crippen molar-refractivity contribution in [3.63, 3.8) is 0 Å². The molecule has 0 bridgehead atoms. The summed E-state index contributed by atoms with van der Waals surface area (Å²) >= 11 is 0. The molecule has 0 spiro atoms. The van der Waals surface area contributed by atoms with Gasteiger partial charge in [0.25, 0.3) is 5.91 Å². The third kappa shape index (κ3) is 3.79. The van der Waals surface area contributed by atoms with E-state index in [4.69, 9.17) is 5.11 Å². The van der Waals surface area contributed by atoms with E-state index in [0.717, 1.165) is 22.4 Å². The summed E-state index contributed by atoms with van der Waals surface area (Å²) in [5.74, 6) is -0.495. The predicted octanol–water partition coefficient (Wildman–Crippen LogP) is 3.62. The van der Waals surface area contributed by atoms with Gasteiger partial charge in [0.1, 0.15) is 5.82 Å². The maximum absolute atomic E-state index is 13.7. The number of fused-ring (bicyclic) bond motifs is 1. The van der Waals surface area contributed by atoms with Crippen LogP contribution in [-0.2, 0) is 0 Å². The molecule has 0 aliphatic heterocycles. The van der Waals surface area contributed by atoms with E-state index in [-0.39, 0.29) is 18.3 Å². The fourth-order valence-corrected chi connectivity index (χ4v) is 3.36. The lowest BCUT2D eigenvalue weighted by atomic mass is 9.98. The van der Waals surface area contributed by atoms with E-state index < -0.39 is 0 Å². The van der Waals surface area contributed by atoms with Gasteiger partial charge in [-0.1, -0.05) is 6.07 Å². The molecule has 4 rings (SSSR count). The second-order valence-electron chi connectivity index (χ2n) is 7.00. The molecule has 0 radical (unpaired) electrons. The zero-order chi connectivity index (χ0) is 21.1. The van der Waals surface area contributed by atoms with Gasteiger partial charge in [-0.15, -0.1) is 0 Å². The number of aliphatic hydroxyl groups excluding tert-OH is 1. The lowest BCUT2D eigenvalue weighted by Crippen LogP contribution is -2.24. The molecule has 2 N–H and O–H groups in total. The maximum Gasteiger partial charge on any atom is 0.255 e. The molecule has 3 aromatic heterocycles. The Morgan fingerprint density at radius 1 is 1.20 bits per heavy atom. The third-order valence-electron chi connectivity index (χ3n) is 4.94. The number of aromatic nitrogens is 3. The summed E-state index contributed by atoms with van der Waals surface area (Å²) in [7, 11) is 0. The van der Waals surface area contributed by atoms with E-state index >= 15 is 0 Å². The summed E-state index contributed by atoms with van der Waals surface area (Å²) in [6.07, 6.45) is 5.52. The smallest absolute Gasteiger partial charge is 0.255 e. The van der Waals surface area contributed by atoms with Crippen molar-refractivity contribution in [3.05, 3.63) is 78.0 Å². The quantitative estimate of drug-likeness (QED) is 0.481. The largest absolute Gasteiger partial charge is 0.396 e. The minimum atomic E-state index is -0.256. The molecule has 1 aromatic carbocycles. The van der Waals surface area contributed by atoms with Gasteiger partial charge in [-0.3, -0.25) is 9.78 Å². The average molecular weight is 404 g/mol. The van der Waals surface area contributed by atoms with Crippen LogP contribution in [0.15, 0.2) is 61.1 Å². The molecule has 0 atom stereocenters. The Hall–Kier alpha value is -3.58. The topological polar surface area (TPSA) is 79.5 Å². The van der Waals surface area contributed by atoms with Crippen molar-refractivity contribution in [1.82, 2.24) is 19.9 Å². The van der Waals surface area contributed by atoms with Crippen molar-refractivity contribution in [3.8, 4) is 22.4 Å². The lowest BCUT2D eigenvalue weighted by Gasteiger charge is -2.11. The van der Waals surface area contributed by atoms with Crippen LogP contribution in [0.1, 0.15) is 22.3 Å². The van der Waals surface area contributed by atoms with Crippen LogP contribution < -0.4 is 5.32 Å². The number of halogens is 1. The first-order chi connectivity index (χ1) is 14.6. The Morgan fingerprint density at radius 2 is 2.07 bits per heavy atom.